The van der Waals surface area contributed by atoms with Crippen molar-refractivity contribution in [2.75, 3.05) is 0 Å². The molecule has 0 saturated heterocycles. The molecule has 7 aromatic rings. The third-order valence-corrected chi connectivity index (χ3v) is 10.2. The summed E-state index contributed by atoms with van der Waals surface area (Å²) in [5.41, 5.74) is 10.7. The predicted octanol–water partition coefficient (Wildman–Crippen LogP) is 8.29. The van der Waals surface area contributed by atoms with Crippen molar-refractivity contribution in [2.24, 2.45) is 0 Å². The van der Waals surface area contributed by atoms with E-state index in [-0.39, 0.29) is 6.71 Å². The van der Waals surface area contributed by atoms with E-state index >= 15 is 0 Å². The van der Waals surface area contributed by atoms with Crippen LogP contribution in [0.2, 0.25) is 0 Å². The molecule has 0 aliphatic carbocycles. The molecule has 5 aromatic carbocycles. The molecule has 40 heavy (non-hydrogen) atoms. The van der Waals surface area contributed by atoms with Crippen LogP contribution in [0.3, 0.4) is 0 Å². The van der Waals surface area contributed by atoms with Crippen molar-refractivity contribution in [3.8, 4) is 5.69 Å². The van der Waals surface area contributed by atoms with Crippen LogP contribution in [-0.4, -0.2) is 15.8 Å². The van der Waals surface area contributed by atoms with Crippen molar-refractivity contribution >= 4 is 78.6 Å². The molecule has 0 saturated carbocycles. The van der Waals surface area contributed by atoms with Gasteiger partial charge in [0.15, 0.2) is 0 Å². The standard InChI is InChI=1S/C36H25BN2S/c1-3-32-34-22(2)38-19-18-23-20-24-21-25(39-30-13-7-4-10-27(30)28-11-5-8-14-31(28)39)16-17-26(24)35(36(23)38)37(34)29-12-6-9-15-33(29)40-32/h3-21H,1-2H3/b32-3+. The molecule has 0 bridgehead atoms. The fourth-order valence-electron chi connectivity index (χ4n) is 7.28. The van der Waals surface area contributed by atoms with E-state index in [1.807, 2.05) is 11.8 Å². The highest BCUT2D eigenvalue weighted by Crippen LogP contribution is 2.43. The summed E-state index contributed by atoms with van der Waals surface area (Å²) in [7, 11) is 0. The van der Waals surface area contributed by atoms with Gasteiger partial charge in [0.05, 0.1) is 11.0 Å². The summed E-state index contributed by atoms with van der Waals surface area (Å²) in [5.74, 6) is 0. The van der Waals surface area contributed by atoms with Crippen LogP contribution in [0, 0.1) is 0 Å². The Morgan fingerprint density at radius 1 is 0.725 bits per heavy atom. The molecule has 2 aromatic heterocycles. The largest absolute Gasteiger partial charge is 0.322 e. The zero-order valence-corrected chi connectivity index (χ0v) is 23.2. The van der Waals surface area contributed by atoms with Crippen molar-refractivity contribution in [1.29, 1.82) is 0 Å². The number of allylic oxidation sites excluding steroid dienone is 3. The highest BCUT2D eigenvalue weighted by molar-refractivity contribution is 8.04. The van der Waals surface area contributed by atoms with Gasteiger partial charge < -0.3 is 9.13 Å². The lowest BCUT2D eigenvalue weighted by atomic mass is 9.34. The third kappa shape index (κ3) is 2.82. The molecule has 188 valence electrons. The summed E-state index contributed by atoms with van der Waals surface area (Å²) in [6.07, 6.45) is 4.56. The molecule has 0 unspecified atom stereocenters. The van der Waals surface area contributed by atoms with E-state index in [9.17, 15) is 0 Å². The summed E-state index contributed by atoms with van der Waals surface area (Å²) >= 11 is 1.91. The Morgan fingerprint density at radius 2 is 1.45 bits per heavy atom. The molecule has 2 nitrogen and oxygen atoms in total. The Bertz CT molecular complexity index is 2230. The third-order valence-electron chi connectivity index (χ3n) is 8.95. The Balaban J connectivity index is 1.37. The topological polar surface area (TPSA) is 9.86 Å². The zero-order valence-electron chi connectivity index (χ0n) is 22.3. The molecule has 0 N–H and O–H groups in total. The van der Waals surface area contributed by atoms with Gasteiger partial charge in [-0.15, -0.1) is 0 Å². The smallest absolute Gasteiger partial charge is 0.249 e. The van der Waals surface area contributed by atoms with Crippen molar-refractivity contribution in [2.45, 2.75) is 18.7 Å². The molecule has 0 radical (unpaired) electrons. The van der Waals surface area contributed by atoms with Crippen LogP contribution >= 0.6 is 11.8 Å². The lowest BCUT2D eigenvalue weighted by molar-refractivity contribution is 1.14. The minimum atomic E-state index is 0.219. The number of benzene rings is 5. The molecule has 0 fully saturated rings. The maximum absolute atomic E-state index is 2.43. The molecule has 4 heteroatoms. The van der Waals surface area contributed by atoms with Crippen LogP contribution in [0.25, 0.3) is 54.9 Å². The van der Waals surface area contributed by atoms with Gasteiger partial charge in [0.2, 0.25) is 6.71 Å². The number of para-hydroxylation sites is 2. The molecule has 0 spiro atoms. The van der Waals surface area contributed by atoms with Gasteiger partial charge in [0.25, 0.3) is 0 Å². The highest BCUT2D eigenvalue weighted by atomic mass is 32.2. The van der Waals surface area contributed by atoms with E-state index in [4.69, 9.17) is 0 Å². The van der Waals surface area contributed by atoms with Gasteiger partial charge in [0.1, 0.15) is 0 Å². The second-order valence-electron chi connectivity index (χ2n) is 10.9. The van der Waals surface area contributed by atoms with E-state index in [1.54, 1.807) is 0 Å². The average molecular weight is 528 g/mol. The van der Waals surface area contributed by atoms with E-state index in [0.29, 0.717) is 0 Å². The van der Waals surface area contributed by atoms with E-state index in [0.717, 1.165) is 0 Å². The molecule has 4 heterocycles. The number of thioether (sulfide) groups is 1. The first-order valence-corrected chi connectivity index (χ1v) is 14.8. The molecule has 0 atom stereocenters. The van der Waals surface area contributed by atoms with Gasteiger partial charge >= 0.3 is 0 Å². The second-order valence-corrected chi connectivity index (χ2v) is 12.0. The number of nitrogens with zero attached hydrogens (tertiary/aromatic N) is 2. The molecule has 2 aliphatic rings. The second kappa shape index (κ2) is 8.06. The Kier molecular flexibility index (Phi) is 4.52. The fourth-order valence-corrected chi connectivity index (χ4v) is 8.47. The lowest BCUT2D eigenvalue weighted by Gasteiger charge is -2.34. The molecular weight excluding hydrogens is 503 g/mol. The maximum Gasteiger partial charge on any atom is 0.249 e. The number of fused-ring (bicyclic) bond motifs is 9. The zero-order chi connectivity index (χ0) is 26.5. The van der Waals surface area contributed by atoms with E-state index in [2.05, 4.69) is 138 Å². The molecular formula is C36H25BN2S. The molecule has 2 aliphatic heterocycles. The van der Waals surface area contributed by atoms with Crippen LogP contribution < -0.4 is 10.9 Å². The van der Waals surface area contributed by atoms with Gasteiger partial charge in [-0.05, 0) is 78.0 Å². The average Bonchev–Trinajstić information content (AvgIpc) is 3.58. The van der Waals surface area contributed by atoms with Crippen molar-refractivity contribution in [3.63, 3.8) is 0 Å². The van der Waals surface area contributed by atoms with Gasteiger partial charge in [-0.25, -0.2) is 0 Å². The van der Waals surface area contributed by atoms with Gasteiger partial charge in [-0.2, -0.15) is 0 Å². The summed E-state index contributed by atoms with van der Waals surface area (Å²) in [4.78, 5) is 2.73. The quantitative estimate of drug-likeness (QED) is 0.195. The number of hydrogen-bond donors (Lipinski definition) is 0. The monoisotopic (exact) mass is 528 g/mol. The Hall–Kier alpha value is -4.41. The van der Waals surface area contributed by atoms with Gasteiger partial charge in [-0.3, -0.25) is 0 Å². The SMILES string of the molecule is C/C=C1/Sc2ccccc2B2C1=C(C)n1ccc3cc4cc(-n5c6ccccc6c6ccccc65)ccc4c2c31. The maximum atomic E-state index is 2.43. The first-order valence-electron chi connectivity index (χ1n) is 13.9. The van der Waals surface area contributed by atoms with Crippen LogP contribution in [0.1, 0.15) is 13.8 Å². The highest BCUT2D eigenvalue weighted by Gasteiger charge is 2.40. The minimum absolute atomic E-state index is 0.219. The molecule has 0 amide bonds. The molecule has 9 rings (SSSR count). The van der Waals surface area contributed by atoms with Crippen LogP contribution in [0.15, 0.2) is 131 Å². The predicted molar refractivity (Wildman–Crippen MR) is 174 cm³/mol. The Labute approximate surface area is 237 Å². The van der Waals surface area contributed by atoms with Gasteiger partial charge in [0, 0.05) is 49.1 Å². The van der Waals surface area contributed by atoms with Crippen LogP contribution in [0.5, 0.6) is 0 Å². The van der Waals surface area contributed by atoms with E-state index < -0.39 is 0 Å². The number of rotatable bonds is 1. The minimum Gasteiger partial charge on any atom is -0.322 e. The summed E-state index contributed by atoms with van der Waals surface area (Å²) in [5, 5.41) is 6.51. The summed E-state index contributed by atoms with van der Waals surface area (Å²) < 4.78 is 4.85. The van der Waals surface area contributed by atoms with Gasteiger partial charge in [-0.1, -0.05) is 84.0 Å². The van der Waals surface area contributed by atoms with Crippen LogP contribution in [0.4, 0.5) is 0 Å². The Morgan fingerprint density at radius 3 is 2.23 bits per heavy atom. The van der Waals surface area contributed by atoms with Crippen molar-refractivity contribution in [3.05, 3.63) is 126 Å². The summed E-state index contributed by atoms with van der Waals surface area (Å²) in [6.45, 7) is 4.68. The lowest BCUT2D eigenvalue weighted by Crippen LogP contribution is -2.50. The van der Waals surface area contributed by atoms with Crippen molar-refractivity contribution < 1.29 is 0 Å². The summed E-state index contributed by atoms with van der Waals surface area (Å²) in [6, 6.07) is 38.3. The first-order chi connectivity index (χ1) is 19.7. The van der Waals surface area contributed by atoms with Crippen molar-refractivity contribution in [1.82, 2.24) is 9.13 Å². The van der Waals surface area contributed by atoms with E-state index in [1.165, 1.54) is 81.1 Å². The first kappa shape index (κ1) is 22.4. The normalized spacial score (nSPS) is 15.6. The fraction of sp³-hybridized carbons (Fsp3) is 0.0556. The van der Waals surface area contributed by atoms with Crippen LogP contribution in [-0.2, 0) is 0 Å². The number of aromatic nitrogens is 2. The number of hydrogen-bond acceptors (Lipinski definition) is 1.